The van der Waals surface area contributed by atoms with E-state index < -0.39 is 0 Å². The van der Waals surface area contributed by atoms with Crippen molar-refractivity contribution in [2.75, 3.05) is 6.54 Å². The molecule has 2 amide bonds. The number of carbonyl (C=O) groups excluding carboxylic acids is 2. The molecule has 0 spiro atoms. The molecule has 5 heteroatoms. The van der Waals surface area contributed by atoms with Gasteiger partial charge in [0.2, 0.25) is 11.8 Å². The van der Waals surface area contributed by atoms with Crippen molar-refractivity contribution in [2.24, 2.45) is 0 Å². The van der Waals surface area contributed by atoms with E-state index in [4.69, 9.17) is 0 Å². The first kappa shape index (κ1) is 17.3. The molecule has 1 fully saturated rings. The Labute approximate surface area is 158 Å². The van der Waals surface area contributed by atoms with E-state index in [1.165, 1.54) is 16.7 Å². The number of carbonyl (C=O) groups is 2. The van der Waals surface area contributed by atoms with Gasteiger partial charge in [0, 0.05) is 31.5 Å². The summed E-state index contributed by atoms with van der Waals surface area (Å²) in [5, 5.41) is 7.37. The van der Waals surface area contributed by atoms with Crippen LogP contribution in [0.4, 0.5) is 0 Å². The molecule has 26 heavy (non-hydrogen) atoms. The third kappa shape index (κ3) is 3.68. The molecule has 0 bridgehead atoms. The lowest BCUT2D eigenvalue weighted by Gasteiger charge is -2.32. The van der Waals surface area contributed by atoms with Crippen LogP contribution in [0.3, 0.4) is 0 Å². The number of fused-ring (bicyclic) bond motifs is 1. The summed E-state index contributed by atoms with van der Waals surface area (Å²) in [5.74, 6) is 0.310. The SMILES string of the molecule is O=C1CCC(CCC(=O)N2CCc3ccccc3C2)(Cc2ccsc2)N1. The molecular weight excluding hydrogens is 344 g/mol. The molecule has 0 saturated carbocycles. The summed E-state index contributed by atoms with van der Waals surface area (Å²) in [7, 11) is 0. The molecule has 1 aromatic heterocycles. The van der Waals surface area contributed by atoms with Crippen LogP contribution in [-0.2, 0) is 29.0 Å². The normalized spacial score (nSPS) is 22.2. The second-order valence-corrected chi connectivity index (χ2v) is 8.25. The summed E-state index contributed by atoms with van der Waals surface area (Å²) in [5.41, 5.74) is 3.60. The molecule has 1 N–H and O–H groups in total. The highest BCUT2D eigenvalue weighted by molar-refractivity contribution is 7.07. The molecule has 2 aliphatic rings. The Bertz CT molecular complexity index is 802. The van der Waals surface area contributed by atoms with E-state index in [-0.39, 0.29) is 17.4 Å². The van der Waals surface area contributed by atoms with Crippen LogP contribution in [0.25, 0.3) is 0 Å². The molecule has 2 aliphatic heterocycles. The van der Waals surface area contributed by atoms with Crippen molar-refractivity contribution < 1.29 is 9.59 Å². The zero-order valence-electron chi connectivity index (χ0n) is 14.9. The predicted octanol–water partition coefficient (Wildman–Crippen LogP) is 3.30. The van der Waals surface area contributed by atoms with E-state index in [0.717, 1.165) is 25.8 Å². The third-order valence-electron chi connectivity index (χ3n) is 5.66. The lowest BCUT2D eigenvalue weighted by Crippen LogP contribution is -2.45. The number of nitrogens with zero attached hydrogens (tertiary/aromatic N) is 1. The van der Waals surface area contributed by atoms with E-state index >= 15 is 0 Å². The zero-order valence-corrected chi connectivity index (χ0v) is 15.7. The van der Waals surface area contributed by atoms with Crippen LogP contribution in [-0.4, -0.2) is 28.8 Å². The van der Waals surface area contributed by atoms with Gasteiger partial charge in [0.25, 0.3) is 0 Å². The van der Waals surface area contributed by atoms with Gasteiger partial charge in [0.05, 0.1) is 0 Å². The molecule has 2 aromatic rings. The van der Waals surface area contributed by atoms with E-state index in [1.807, 2.05) is 11.0 Å². The number of benzene rings is 1. The van der Waals surface area contributed by atoms with Gasteiger partial charge in [-0.2, -0.15) is 11.3 Å². The second-order valence-electron chi connectivity index (χ2n) is 7.47. The third-order valence-corrected chi connectivity index (χ3v) is 6.39. The first-order chi connectivity index (χ1) is 12.6. The molecule has 1 atom stereocenters. The summed E-state index contributed by atoms with van der Waals surface area (Å²) in [6.45, 7) is 1.50. The van der Waals surface area contributed by atoms with Gasteiger partial charge in [-0.25, -0.2) is 0 Å². The van der Waals surface area contributed by atoms with Gasteiger partial charge in [0.15, 0.2) is 0 Å². The number of thiophene rings is 1. The standard InChI is InChI=1S/C21H24N2O2S/c24-19-5-9-21(22-19,13-16-8-12-26-15-16)10-6-20(25)23-11-7-17-3-1-2-4-18(17)14-23/h1-4,8,12,15H,5-7,9-11,13-14H2,(H,22,24). The zero-order chi connectivity index (χ0) is 18.0. The maximum absolute atomic E-state index is 12.8. The van der Waals surface area contributed by atoms with Crippen molar-refractivity contribution in [2.45, 2.75) is 50.6 Å². The van der Waals surface area contributed by atoms with Gasteiger partial charge >= 0.3 is 0 Å². The number of rotatable bonds is 5. The molecule has 3 heterocycles. The monoisotopic (exact) mass is 368 g/mol. The Morgan fingerprint density at radius 1 is 1.19 bits per heavy atom. The minimum atomic E-state index is -0.262. The largest absolute Gasteiger partial charge is 0.350 e. The molecule has 0 radical (unpaired) electrons. The fourth-order valence-electron chi connectivity index (χ4n) is 4.18. The van der Waals surface area contributed by atoms with E-state index in [2.05, 4.69) is 40.3 Å². The second kappa shape index (κ2) is 7.23. The molecule has 1 saturated heterocycles. The summed E-state index contributed by atoms with van der Waals surface area (Å²) >= 11 is 1.68. The van der Waals surface area contributed by atoms with Crippen molar-refractivity contribution >= 4 is 23.2 Å². The number of nitrogens with one attached hydrogen (secondary N) is 1. The fraction of sp³-hybridized carbons (Fsp3) is 0.429. The smallest absolute Gasteiger partial charge is 0.222 e. The lowest BCUT2D eigenvalue weighted by atomic mass is 9.85. The van der Waals surface area contributed by atoms with Crippen LogP contribution in [0.1, 0.15) is 42.4 Å². The van der Waals surface area contributed by atoms with Crippen molar-refractivity contribution in [3.05, 3.63) is 57.8 Å². The Hall–Kier alpha value is -2.14. The van der Waals surface area contributed by atoms with Gasteiger partial charge in [-0.3, -0.25) is 9.59 Å². The first-order valence-electron chi connectivity index (χ1n) is 9.30. The van der Waals surface area contributed by atoms with Crippen molar-refractivity contribution in [3.63, 3.8) is 0 Å². The number of hydrogen-bond donors (Lipinski definition) is 1. The van der Waals surface area contributed by atoms with Crippen LogP contribution >= 0.6 is 11.3 Å². The van der Waals surface area contributed by atoms with Crippen LogP contribution in [0.15, 0.2) is 41.1 Å². The van der Waals surface area contributed by atoms with Crippen LogP contribution in [0, 0.1) is 0 Å². The van der Waals surface area contributed by atoms with Gasteiger partial charge < -0.3 is 10.2 Å². The quantitative estimate of drug-likeness (QED) is 0.880. The van der Waals surface area contributed by atoms with Crippen molar-refractivity contribution in [1.82, 2.24) is 10.2 Å². The summed E-state index contributed by atoms with van der Waals surface area (Å²) in [4.78, 5) is 26.6. The average molecular weight is 369 g/mol. The Morgan fingerprint density at radius 3 is 2.77 bits per heavy atom. The molecule has 1 unspecified atom stereocenters. The molecule has 4 rings (SSSR count). The van der Waals surface area contributed by atoms with Gasteiger partial charge in [-0.15, -0.1) is 0 Å². The maximum Gasteiger partial charge on any atom is 0.222 e. The topological polar surface area (TPSA) is 49.4 Å². The average Bonchev–Trinajstić information content (AvgIpc) is 3.29. The number of amides is 2. The summed E-state index contributed by atoms with van der Waals surface area (Å²) in [6.07, 6.45) is 4.34. The Morgan fingerprint density at radius 2 is 2.04 bits per heavy atom. The highest BCUT2D eigenvalue weighted by Gasteiger charge is 2.38. The summed E-state index contributed by atoms with van der Waals surface area (Å²) in [6, 6.07) is 10.5. The Kier molecular flexibility index (Phi) is 4.81. The van der Waals surface area contributed by atoms with E-state index in [0.29, 0.717) is 25.8 Å². The molecular formula is C21H24N2O2S. The van der Waals surface area contributed by atoms with Crippen LogP contribution < -0.4 is 5.32 Å². The fourth-order valence-corrected chi connectivity index (χ4v) is 4.85. The highest BCUT2D eigenvalue weighted by Crippen LogP contribution is 2.31. The number of hydrogen-bond acceptors (Lipinski definition) is 3. The van der Waals surface area contributed by atoms with Crippen molar-refractivity contribution in [1.29, 1.82) is 0 Å². The minimum absolute atomic E-state index is 0.111. The minimum Gasteiger partial charge on any atom is -0.350 e. The van der Waals surface area contributed by atoms with Crippen molar-refractivity contribution in [3.8, 4) is 0 Å². The molecule has 4 nitrogen and oxygen atoms in total. The lowest BCUT2D eigenvalue weighted by molar-refractivity contribution is -0.132. The van der Waals surface area contributed by atoms with Gasteiger partial charge in [0.1, 0.15) is 0 Å². The molecule has 0 aliphatic carbocycles. The van der Waals surface area contributed by atoms with Crippen LogP contribution in [0.2, 0.25) is 0 Å². The van der Waals surface area contributed by atoms with Crippen LogP contribution in [0.5, 0.6) is 0 Å². The Balaban J connectivity index is 1.40. The first-order valence-corrected chi connectivity index (χ1v) is 10.2. The van der Waals surface area contributed by atoms with Gasteiger partial charge in [-0.05, 0) is 59.2 Å². The molecule has 136 valence electrons. The molecule has 1 aromatic carbocycles. The summed E-state index contributed by atoms with van der Waals surface area (Å²) < 4.78 is 0. The van der Waals surface area contributed by atoms with E-state index in [9.17, 15) is 9.59 Å². The predicted molar refractivity (Wildman–Crippen MR) is 103 cm³/mol. The van der Waals surface area contributed by atoms with E-state index in [1.54, 1.807) is 11.3 Å². The maximum atomic E-state index is 12.8. The highest BCUT2D eigenvalue weighted by atomic mass is 32.1. The van der Waals surface area contributed by atoms with Gasteiger partial charge in [-0.1, -0.05) is 24.3 Å².